The minimum Gasteiger partial charge on any atom is -0.332 e. The molecule has 2 amide bonds. The van der Waals surface area contributed by atoms with E-state index in [1.165, 1.54) is 4.90 Å². The lowest BCUT2D eigenvalue weighted by molar-refractivity contribution is -0.116. The maximum absolute atomic E-state index is 12.9. The maximum Gasteiger partial charge on any atom is 0.254 e. The molecule has 0 spiro atoms. The third kappa shape index (κ3) is 5.40. The van der Waals surface area contributed by atoms with E-state index >= 15 is 0 Å². The molecule has 0 saturated carbocycles. The highest BCUT2D eigenvalue weighted by Gasteiger charge is 2.17. The lowest BCUT2D eigenvalue weighted by Gasteiger charge is -2.19. The van der Waals surface area contributed by atoms with Crippen molar-refractivity contribution in [1.29, 1.82) is 0 Å². The van der Waals surface area contributed by atoms with Gasteiger partial charge in [0.15, 0.2) is 0 Å². The molecule has 31 heavy (non-hydrogen) atoms. The number of amides is 2. The summed E-state index contributed by atoms with van der Waals surface area (Å²) in [5.74, 6) is -0.410. The number of aromatic nitrogens is 2. The lowest BCUT2D eigenvalue weighted by atomic mass is 10.1. The first-order valence-corrected chi connectivity index (χ1v) is 10.4. The summed E-state index contributed by atoms with van der Waals surface area (Å²) in [6.07, 6.45) is 0. The molecule has 1 aromatic heterocycles. The second-order valence-corrected chi connectivity index (χ2v) is 8.27. The molecular formula is C25H30N4O2. The maximum atomic E-state index is 12.9. The molecule has 1 heterocycles. The van der Waals surface area contributed by atoms with Gasteiger partial charge in [-0.15, -0.1) is 0 Å². The van der Waals surface area contributed by atoms with E-state index < -0.39 is 0 Å². The average molecular weight is 419 g/mol. The monoisotopic (exact) mass is 418 g/mol. The van der Waals surface area contributed by atoms with Gasteiger partial charge in [0.2, 0.25) is 5.91 Å². The summed E-state index contributed by atoms with van der Waals surface area (Å²) in [6.45, 7) is 10.5. The summed E-state index contributed by atoms with van der Waals surface area (Å²) < 4.78 is 1.92. The van der Waals surface area contributed by atoms with Gasteiger partial charge in [-0.25, -0.2) is 0 Å². The molecule has 0 atom stereocenters. The normalized spacial score (nSPS) is 10.8. The smallest absolute Gasteiger partial charge is 0.254 e. The van der Waals surface area contributed by atoms with Crippen LogP contribution in [0.3, 0.4) is 0 Å². The average Bonchev–Trinajstić information content (AvgIpc) is 3.01. The molecule has 1 N–H and O–H groups in total. The van der Waals surface area contributed by atoms with E-state index in [4.69, 9.17) is 0 Å². The van der Waals surface area contributed by atoms with E-state index in [0.717, 1.165) is 39.3 Å². The number of hydrogen-bond donors (Lipinski definition) is 1. The number of carbonyl (C=O) groups excluding carboxylic acids is 2. The summed E-state index contributed by atoms with van der Waals surface area (Å²) in [6, 6.07) is 13.6. The van der Waals surface area contributed by atoms with Crippen LogP contribution < -0.4 is 5.32 Å². The molecular weight excluding hydrogens is 388 g/mol. The Kier molecular flexibility index (Phi) is 6.59. The van der Waals surface area contributed by atoms with Crippen LogP contribution in [0.4, 0.5) is 5.69 Å². The predicted octanol–water partition coefficient (Wildman–Crippen LogP) is 4.18. The van der Waals surface area contributed by atoms with Crippen LogP contribution in [0.25, 0.3) is 0 Å². The van der Waals surface area contributed by atoms with Crippen molar-refractivity contribution < 1.29 is 9.59 Å². The van der Waals surface area contributed by atoms with Crippen molar-refractivity contribution in [3.63, 3.8) is 0 Å². The van der Waals surface area contributed by atoms with Gasteiger partial charge in [-0.1, -0.05) is 29.8 Å². The standard InChI is InChI=1S/C25H30N4O2/c1-16-10-17(2)24(18(3)11-16)26-23(30)15-28(6)25(31)22-9-7-8-21(13-22)14-29-20(5)12-19(4)27-29/h7-13H,14-15H2,1-6H3,(H,26,30). The molecule has 0 aliphatic carbocycles. The Labute approximate surface area is 183 Å². The minimum atomic E-state index is -0.218. The number of likely N-dealkylation sites (N-methyl/N-ethyl adjacent to an activating group) is 1. The van der Waals surface area contributed by atoms with Gasteiger partial charge in [-0.2, -0.15) is 5.10 Å². The molecule has 2 aromatic carbocycles. The van der Waals surface area contributed by atoms with Gasteiger partial charge in [-0.05, 0) is 69.5 Å². The van der Waals surface area contributed by atoms with Crippen LogP contribution in [0.5, 0.6) is 0 Å². The van der Waals surface area contributed by atoms with E-state index in [1.54, 1.807) is 13.1 Å². The van der Waals surface area contributed by atoms with Gasteiger partial charge >= 0.3 is 0 Å². The number of nitrogens with zero attached hydrogens (tertiary/aromatic N) is 3. The summed E-state index contributed by atoms with van der Waals surface area (Å²) in [5.41, 5.74) is 7.56. The molecule has 0 bridgehead atoms. The molecule has 0 aliphatic rings. The highest BCUT2D eigenvalue weighted by Crippen LogP contribution is 2.22. The van der Waals surface area contributed by atoms with E-state index in [2.05, 4.69) is 10.4 Å². The Hall–Kier alpha value is -3.41. The largest absolute Gasteiger partial charge is 0.332 e. The Balaban J connectivity index is 1.67. The van der Waals surface area contributed by atoms with E-state index in [-0.39, 0.29) is 18.4 Å². The zero-order valence-corrected chi connectivity index (χ0v) is 19.1. The van der Waals surface area contributed by atoms with Crippen molar-refractivity contribution in [3.8, 4) is 0 Å². The van der Waals surface area contributed by atoms with Crippen molar-refractivity contribution >= 4 is 17.5 Å². The summed E-state index contributed by atoms with van der Waals surface area (Å²) >= 11 is 0. The Morgan fingerprint density at radius 1 is 1.00 bits per heavy atom. The molecule has 0 fully saturated rings. The summed E-state index contributed by atoms with van der Waals surface area (Å²) in [7, 11) is 1.64. The minimum absolute atomic E-state index is 0.0206. The lowest BCUT2D eigenvalue weighted by Crippen LogP contribution is -2.35. The number of benzene rings is 2. The first-order chi connectivity index (χ1) is 14.6. The first-order valence-electron chi connectivity index (χ1n) is 10.4. The number of anilines is 1. The number of nitrogens with one attached hydrogen (secondary N) is 1. The van der Waals surface area contributed by atoms with Crippen LogP contribution in [-0.2, 0) is 11.3 Å². The molecule has 3 aromatic rings. The number of carbonyl (C=O) groups is 2. The third-order valence-electron chi connectivity index (χ3n) is 5.28. The van der Waals surface area contributed by atoms with Gasteiger partial charge in [0, 0.05) is 24.0 Å². The van der Waals surface area contributed by atoms with Crippen molar-refractivity contribution in [2.75, 3.05) is 18.9 Å². The fourth-order valence-corrected chi connectivity index (χ4v) is 3.87. The van der Waals surface area contributed by atoms with Crippen molar-refractivity contribution in [2.45, 2.75) is 41.2 Å². The Morgan fingerprint density at radius 2 is 1.68 bits per heavy atom. The molecule has 162 valence electrons. The molecule has 0 unspecified atom stereocenters. The molecule has 0 radical (unpaired) electrons. The van der Waals surface area contributed by atoms with Crippen molar-refractivity contribution in [3.05, 3.63) is 81.7 Å². The predicted molar refractivity (Wildman–Crippen MR) is 123 cm³/mol. The SMILES string of the molecule is Cc1cc(C)c(NC(=O)CN(C)C(=O)c2cccc(Cn3nc(C)cc3C)c2)c(C)c1. The van der Waals surface area contributed by atoms with E-state index in [0.29, 0.717) is 12.1 Å². The van der Waals surface area contributed by atoms with Gasteiger partial charge in [-0.3, -0.25) is 14.3 Å². The number of aryl methyl sites for hydroxylation is 5. The number of rotatable bonds is 6. The van der Waals surface area contributed by atoms with Crippen molar-refractivity contribution in [1.82, 2.24) is 14.7 Å². The van der Waals surface area contributed by atoms with Gasteiger partial charge < -0.3 is 10.2 Å². The number of hydrogen-bond acceptors (Lipinski definition) is 3. The molecule has 6 heteroatoms. The van der Waals surface area contributed by atoms with Crippen LogP contribution in [0.15, 0.2) is 42.5 Å². The van der Waals surface area contributed by atoms with Crippen LogP contribution in [0.2, 0.25) is 0 Å². The van der Waals surface area contributed by atoms with Crippen LogP contribution in [0, 0.1) is 34.6 Å². The quantitative estimate of drug-likeness (QED) is 0.653. The molecule has 6 nitrogen and oxygen atoms in total. The topological polar surface area (TPSA) is 67.2 Å². The fourth-order valence-electron chi connectivity index (χ4n) is 3.87. The van der Waals surface area contributed by atoms with Gasteiger partial charge in [0.05, 0.1) is 18.8 Å². The molecule has 0 aliphatic heterocycles. The van der Waals surface area contributed by atoms with E-state index in [1.807, 2.05) is 75.7 Å². The second kappa shape index (κ2) is 9.16. The first kappa shape index (κ1) is 22.3. The zero-order chi connectivity index (χ0) is 22.7. The Bertz CT molecular complexity index is 1110. The summed E-state index contributed by atoms with van der Waals surface area (Å²) in [4.78, 5) is 26.9. The highest BCUT2D eigenvalue weighted by molar-refractivity contribution is 5.99. The second-order valence-electron chi connectivity index (χ2n) is 8.27. The summed E-state index contributed by atoms with van der Waals surface area (Å²) in [5, 5.41) is 7.43. The van der Waals surface area contributed by atoms with Crippen LogP contribution in [0.1, 0.15) is 44.0 Å². The van der Waals surface area contributed by atoms with Gasteiger partial charge in [0.1, 0.15) is 0 Å². The highest BCUT2D eigenvalue weighted by atomic mass is 16.2. The third-order valence-corrected chi connectivity index (χ3v) is 5.28. The van der Waals surface area contributed by atoms with Crippen molar-refractivity contribution in [2.24, 2.45) is 0 Å². The molecule has 3 rings (SSSR count). The molecule has 0 saturated heterocycles. The van der Waals surface area contributed by atoms with E-state index in [9.17, 15) is 9.59 Å². The van der Waals surface area contributed by atoms with Crippen LogP contribution >= 0.6 is 0 Å². The zero-order valence-electron chi connectivity index (χ0n) is 19.1. The van der Waals surface area contributed by atoms with Crippen LogP contribution in [-0.4, -0.2) is 40.1 Å². The Morgan fingerprint density at radius 3 is 2.29 bits per heavy atom. The van der Waals surface area contributed by atoms with Gasteiger partial charge in [0.25, 0.3) is 5.91 Å². The fraction of sp³-hybridized carbons (Fsp3) is 0.320.